The maximum atomic E-state index is 12.6. The fourth-order valence-corrected chi connectivity index (χ4v) is 11.3. The van der Waals surface area contributed by atoms with Crippen LogP contribution in [0.3, 0.4) is 0 Å². The maximum Gasteiger partial charge on any atom is 0.239 e. The number of carbonyl (C=O) groups is 2. The van der Waals surface area contributed by atoms with E-state index < -0.39 is 0 Å². The highest BCUT2D eigenvalue weighted by molar-refractivity contribution is 5.85. The normalized spacial score (nSPS) is 39.7. The summed E-state index contributed by atoms with van der Waals surface area (Å²) in [6.45, 7) is 12.1. The van der Waals surface area contributed by atoms with Crippen LogP contribution in [-0.4, -0.2) is 71.9 Å². The molecule has 2 saturated carbocycles. The molecule has 47 heavy (non-hydrogen) atoms. The summed E-state index contributed by atoms with van der Waals surface area (Å²) in [5.41, 5.74) is 5.97. The Morgan fingerprint density at radius 2 is 1.87 bits per heavy atom. The lowest BCUT2D eigenvalue weighted by Crippen LogP contribution is -2.54. The number of piperidine rings is 1. The van der Waals surface area contributed by atoms with Gasteiger partial charge in [0.2, 0.25) is 11.8 Å². The molecule has 3 N–H and O–H groups in total. The molecule has 2 aliphatic heterocycles. The van der Waals surface area contributed by atoms with Crippen LogP contribution in [0.1, 0.15) is 91.0 Å². The van der Waals surface area contributed by atoms with E-state index in [9.17, 15) is 14.7 Å². The number of allylic oxidation sites excluding steroid dienone is 2. The number of hydrogen-bond acceptors (Lipinski definition) is 5. The molecule has 7 heteroatoms. The highest BCUT2D eigenvalue weighted by atomic mass is 16.5. The van der Waals surface area contributed by atoms with Crippen molar-refractivity contribution in [3.8, 4) is 0 Å². The Balaban J connectivity index is 0.977. The van der Waals surface area contributed by atoms with Gasteiger partial charge in [0, 0.05) is 31.6 Å². The van der Waals surface area contributed by atoms with Crippen LogP contribution in [0.4, 0.5) is 0 Å². The minimum absolute atomic E-state index is 0.00636. The van der Waals surface area contributed by atoms with Gasteiger partial charge < -0.3 is 20.5 Å². The Bertz CT molecular complexity index is 1410. The summed E-state index contributed by atoms with van der Waals surface area (Å²) in [5, 5.41) is 16.2. The molecule has 6 aliphatic rings. The van der Waals surface area contributed by atoms with Crippen LogP contribution in [0.15, 0.2) is 53.1 Å². The molecule has 0 bridgehead atoms. The lowest BCUT2D eigenvalue weighted by Gasteiger charge is -2.49. The number of carbonyl (C=O) groups excluding carboxylic acids is 2. The fraction of sp³-hybridized carbons (Fsp3) is 0.700. The number of likely N-dealkylation sites (tertiary alicyclic amines) is 1. The van der Waals surface area contributed by atoms with Crippen LogP contribution in [0, 0.1) is 35.0 Å². The molecule has 1 spiro atoms. The van der Waals surface area contributed by atoms with Crippen LogP contribution >= 0.6 is 0 Å². The van der Waals surface area contributed by atoms with E-state index in [1.165, 1.54) is 19.3 Å². The van der Waals surface area contributed by atoms with E-state index in [0.29, 0.717) is 36.3 Å². The first-order valence-corrected chi connectivity index (χ1v) is 18.6. The van der Waals surface area contributed by atoms with Gasteiger partial charge >= 0.3 is 0 Å². The first-order chi connectivity index (χ1) is 22.6. The van der Waals surface area contributed by atoms with Gasteiger partial charge in [0.15, 0.2) is 0 Å². The van der Waals surface area contributed by atoms with E-state index in [1.54, 1.807) is 16.7 Å². The Morgan fingerprint density at radius 3 is 2.68 bits per heavy atom. The Morgan fingerprint density at radius 1 is 1.06 bits per heavy atom. The van der Waals surface area contributed by atoms with E-state index in [2.05, 4.69) is 49.3 Å². The Labute approximate surface area is 282 Å². The van der Waals surface area contributed by atoms with Crippen LogP contribution in [-0.2, 0) is 20.7 Å². The SMILES string of the molecule is CC1=C2C[C@H]3[C@@H](CCC4=C[C@@H](O)CC[C@@]43C)[C@@H]2CC[C@@]2(C1)O[C@@H]1C[C@H](C)CN(CCNC(=O)CNC(=O)Cc3ccccc3)[C@H]1[C@H]2C. The number of hydrogen-bond donors (Lipinski definition) is 3. The predicted octanol–water partition coefficient (Wildman–Crippen LogP) is 5.58. The molecule has 1 aromatic rings. The molecule has 0 aromatic heterocycles. The molecule has 256 valence electrons. The second-order valence-electron chi connectivity index (χ2n) is 16.5. The van der Waals surface area contributed by atoms with E-state index in [-0.39, 0.29) is 48.0 Å². The summed E-state index contributed by atoms with van der Waals surface area (Å²) in [6.07, 6.45) is 12.7. The molecule has 4 fully saturated rings. The zero-order chi connectivity index (χ0) is 32.9. The number of fused-ring (bicyclic) bond motifs is 6. The maximum absolute atomic E-state index is 12.6. The molecule has 0 unspecified atom stereocenters. The number of aliphatic hydroxyl groups is 1. The molecule has 1 aromatic carbocycles. The van der Waals surface area contributed by atoms with Gasteiger partial charge in [-0.25, -0.2) is 0 Å². The summed E-state index contributed by atoms with van der Waals surface area (Å²) in [7, 11) is 0. The van der Waals surface area contributed by atoms with Crippen LogP contribution in [0.25, 0.3) is 0 Å². The van der Waals surface area contributed by atoms with Gasteiger partial charge in [0.1, 0.15) is 0 Å². The molecular weight excluding hydrogens is 586 g/mol. The lowest BCUT2D eigenvalue weighted by molar-refractivity contribution is -0.125. The molecule has 2 heterocycles. The van der Waals surface area contributed by atoms with E-state index in [4.69, 9.17) is 4.74 Å². The average molecular weight is 644 g/mol. The standard InChI is InChI=1S/C40H57N3O4/c1-25-18-35-38(43(24-25)17-16-41-37(46)23-42-36(45)19-28-8-6-5-7-9-28)27(3)40(47-35)15-13-31-32-11-10-29-20-30(44)12-14-39(29,4)34(32)21-33(31)26(2)22-40/h5-9,20,25,27,30-32,34-35,38,44H,10-19,21-24H2,1-4H3,(H,41,46)(H,42,45)/t25-,27+,30-,31-,32-,34-,35+,38-,39-,40-/m0/s1. The highest BCUT2D eigenvalue weighted by Crippen LogP contribution is 2.64. The van der Waals surface area contributed by atoms with Gasteiger partial charge in [-0.3, -0.25) is 14.5 Å². The number of nitrogens with zero attached hydrogens (tertiary/aromatic N) is 1. The van der Waals surface area contributed by atoms with Gasteiger partial charge in [-0.05, 0) is 99.4 Å². The van der Waals surface area contributed by atoms with Crippen molar-refractivity contribution >= 4 is 11.8 Å². The Kier molecular flexibility index (Phi) is 9.20. The van der Waals surface area contributed by atoms with Crippen molar-refractivity contribution in [3.63, 3.8) is 0 Å². The van der Waals surface area contributed by atoms with E-state index >= 15 is 0 Å². The van der Waals surface area contributed by atoms with Gasteiger partial charge in [-0.2, -0.15) is 0 Å². The largest absolute Gasteiger partial charge is 0.389 e. The topological polar surface area (TPSA) is 90.9 Å². The molecule has 7 nitrogen and oxygen atoms in total. The zero-order valence-corrected chi connectivity index (χ0v) is 29.1. The third-order valence-electron chi connectivity index (χ3n) is 13.7. The Hall–Kier alpha value is -2.48. The number of rotatable bonds is 7. The third-order valence-corrected chi connectivity index (χ3v) is 13.7. The predicted molar refractivity (Wildman–Crippen MR) is 184 cm³/mol. The second kappa shape index (κ2) is 13.1. The van der Waals surface area contributed by atoms with Crippen molar-refractivity contribution < 1.29 is 19.4 Å². The van der Waals surface area contributed by atoms with Crippen LogP contribution in [0.5, 0.6) is 0 Å². The van der Waals surface area contributed by atoms with Crippen molar-refractivity contribution in [1.82, 2.24) is 15.5 Å². The quantitative estimate of drug-likeness (QED) is 0.338. The van der Waals surface area contributed by atoms with Gasteiger partial charge in [0.25, 0.3) is 0 Å². The molecule has 2 saturated heterocycles. The number of benzene rings is 1. The first kappa shape index (κ1) is 33.0. The van der Waals surface area contributed by atoms with E-state index in [0.717, 1.165) is 63.1 Å². The first-order valence-electron chi connectivity index (χ1n) is 18.6. The number of amides is 2. The zero-order valence-electron chi connectivity index (χ0n) is 29.1. The second-order valence-corrected chi connectivity index (χ2v) is 16.5. The summed E-state index contributed by atoms with van der Waals surface area (Å²) in [4.78, 5) is 27.6. The summed E-state index contributed by atoms with van der Waals surface area (Å²) in [6, 6.07) is 9.98. The van der Waals surface area contributed by atoms with Crippen LogP contribution in [0.2, 0.25) is 0 Å². The van der Waals surface area contributed by atoms with Crippen LogP contribution < -0.4 is 10.6 Å². The number of ether oxygens (including phenoxy) is 1. The van der Waals surface area contributed by atoms with Gasteiger partial charge in [-0.15, -0.1) is 0 Å². The minimum atomic E-state index is -0.247. The van der Waals surface area contributed by atoms with Crippen molar-refractivity contribution in [1.29, 1.82) is 0 Å². The molecule has 4 aliphatic carbocycles. The van der Waals surface area contributed by atoms with Gasteiger partial charge in [-0.1, -0.05) is 73.9 Å². The van der Waals surface area contributed by atoms with Crippen molar-refractivity contribution in [2.75, 3.05) is 26.2 Å². The fourth-order valence-electron chi connectivity index (χ4n) is 11.3. The summed E-state index contributed by atoms with van der Waals surface area (Å²) >= 11 is 0. The van der Waals surface area contributed by atoms with Gasteiger partial charge in [0.05, 0.1) is 30.8 Å². The molecular formula is C40H57N3O4. The van der Waals surface area contributed by atoms with Crippen molar-refractivity contribution in [2.45, 2.75) is 116 Å². The third kappa shape index (κ3) is 6.25. The number of aliphatic hydroxyl groups excluding tert-OH is 1. The highest BCUT2D eigenvalue weighted by Gasteiger charge is 2.59. The average Bonchev–Trinajstić information content (AvgIpc) is 3.50. The monoisotopic (exact) mass is 643 g/mol. The van der Waals surface area contributed by atoms with Crippen molar-refractivity contribution in [2.24, 2.45) is 35.0 Å². The van der Waals surface area contributed by atoms with E-state index in [1.807, 2.05) is 30.3 Å². The smallest absolute Gasteiger partial charge is 0.239 e. The molecule has 7 rings (SSSR count). The van der Waals surface area contributed by atoms with Crippen molar-refractivity contribution in [3.05, 3.63) is 58.7 Å². The number of nitrogens with one attached hydrogen (secondary N) is 2. The summed E-state index contributed by atoms with van der Waals surface area (Å²) < 4.78 is 7.27. The summed E-state index contributed by atoms with van der Waals surface area (Å²) in [5.74, 6) is 2.86. The molecule has 2 amide bonds. The lowest BCUT2D eigenvalue weighted by atomic mass is 9.56. The molecule has 0 radical (unpaired) electrons. The minimum Gasteiger partial charge on any atom is -0.389 e. The molecule has 10 atom stereocenters.